The van der Waals surface area contributed by atoms with Gasteiger partial charge in [0.15, 0.2) is 5.65 Å². The summed E-state index contributed by atoms with van der Waals surface area (Å²) in [7, 11) is 0. The number of rotatable bonds is 6. The quantitative estimate of drug-likeness (QED) is 0.589. The number of fused-ring (bicyclic) bond motifs is 1. The number of aromatic nitrogens is 5. The van der Waals surface area contributed by atoms with Crippen LogP contribution in [0.4, 0.5) is 5.82 Å². The van der Waals surface area contributed by atoms with Crippen LogP contribution in [-0.4, -0.2) is 24.4 Å². The van der Waals surface area contributed by atoms with Crippen LogP contribution in [0.2, 0.25) is 0 Å². The lowest BCUT2D eigenvalue weighted by atomic mass is 10.2. The maximum atomic E-state index is 4.56. The van der Waals surface area contributed by atoms with E-state index in [0.29, 0.717) is 6.54 Å². The van der Waals surface area contributed by atoms with Gasteiger partial charge in [-0.1, -0.05) is 37.3 Å². The molecule has 4 aromatic rings. The Hall–Kier alpha value is -3.15. The molecule has 0 aliphatic carbocycles. The van der Waals surface area contributed by atoms with Gasteiger partial charge in [-0.3, -0.25) is 4.68 Å². The standard InChI is InChI=1S/C19H20N6/c1-2-17-10-19(25-18(23-17)8-9-21-25)20-11-16-12-22-24(14-16)13-15-6-4-3-5-7-15/h3-10,12,14,20H,2,11,13H2,1H3. The molecule has 0 radical (unpaired) electrons. The molecule has 126 valence electrons. The summed E-state index contributed by atoms with van der Waals surface area (Å²) in [6.07, 6.45) is 6.64. The molecule has 3 aromatic heterocycles. The number of aryl methyl sites for hydroxylation is 1. The highest BCUT2D eigenvalue weighted by molar-refractivity contribution is 5.49. The average molecular weight is 332 g/mol. The summed E-state index contributed by atoms with van der Waals surface area (Å²) >= 11 is 0. The zero-order valence-corrected chi connectivity index (χ0v) is 14.1. The van der Waals surface area contributed by atoms with Crippen LogP contribution in [-0.2, 0) is 19.5 Å². The minimum absolute atomic E-state index is 0.691. The van der Waals surface area contributed by atoms with Crippen LogP contribution in [0, 0.1) is 0 Å². The van der Waals surface area contributed by atoms with Gasteiger partial charge in [-0.2, -0.15) is 14.7 Å². The topological polar surface area (TPSA) is 60.0 Å². The van der Waals surface area contributed by atoms with E-state index in [1.54, 1.807) is 6.20 Å². The minimum atomic E-state index is 0.691. The Kier molecular flexibility index (Phi) is 4.16. The molecule has 6 heteroatoms. The number of anilines is 1. The number of hydrogen-bond donors (Lipinski definition) is 1. The molecule has 0 atom stereocenters. The Bertz CT molecular complexity index is 970. The highest BCUT2D eigenvalue weighted by Gasteiger charge is 2.06. The van der Waals surface area contributed by atoms with E-state index >= 15 is 0 Å². The van der Waals surface area contributed by atoms with Gasteiger partial charge in [-0.25, -0.2) is 4.98 Å². The molecule has 0 saturated carbocycles. The first-order chi connectivity index (χ1) is 12.3. The zero-order valence-electron chi connectivity index (χ0n) is 14.1. The lowest BCUT2D eigenvalue weighted by molar-refractivity contribution is 0.686. The molecule has 1 aromatic carbocycles. The number of nitrogens with zero attached hydrogens (tertiary/aromatic N) is 5. The molecule has 0 unspecified atom stereocenters. The summed E-state index contributed by atoms with van der Waals surface area (Å²) in [4.78, 5) is 4.56. The first-order valence-corrected chi connectivity index (χ1v) is 8.44. The van der Waals surface area contributed by atoms with Crippen molar-refractivity contribution < 1.29 is 0 Å². The second-order valence-electron chi connectivity index (χ2n) is 5.97. The highest BCUT2D eigenvalue weighted by atomic mass is 15.3. The van der Waals surface area contributed by atoms with Gasteiger partial charge >= 0.3 is 0 Å². The highest BCUT2D eigenvalue weighted by Crippen LogP contribution is 2.14. The minimum Gasteiger partial charge on any atom is -0.366 e. The van der Waals surface area contributed by atoms with Crippen LogP contribution in [0.1, 0.15) is 23.7 Å². The number of nitrogens with one attached hydrogen (secondary N) is 1. The van der Waals surface area contributed by atoms with E-state index in [4.69, 9.17) is 0 Å². The van der Waals surface area contributed by atoms with Crippen molar-refractivity contribution in [2.75, 3.05) is 5.32 Å². The van der Waals surface area contributed by atoms with Crippen molar-refractivity contribution in [2.45, 2.75) is 26.4 Å². The van der Waals surface area contributed by atoms with Crippen molar-refractivity contribution in [1.29, 1.82) is 0 Å². The smallest absolute Gasteiger partial charge is 0.157 e. The van der Waals surface area contributed by atoms with Crippen molar-refractivity contribution >= 4 is 11.5 Å². The van der Waals surface area contributed by atoms with Crippen LogP contribution in [0.15, 0.2) is 61.1 Å². The van der Waals surface area contributed by atoms with Gasteiger partial charge in [0, 0.05) is 36.1 Å². The normalized spacial score (nSPS) is 11.1. The van der Waals surface area contributed by atoms with Crippen LogP contribution in [0.5, 0.6) is 0 Å². The molecule has 4 rings (SSSR count). The SMILES string of the molecule is CCc1cc(NCc2cnn(Cc3ccccc3)c2)n2nccc2n1. The number of benzene rings is 1. The van der Waals surface area contributed by atoms with Gasteiger partial charge in [-0.05, 0) is 12.0 Å². The van der Waals surface area contributed by atoms with E-state index in [1.165, 1.54) is 5.56 Å². The molecule has 0 fully saturated rings. The molecule has 1 N–H and O–H groups in total. The van der Waals surface area contributed by atoms with Crippen LogP contribution in [0.25, 0.3) is 5.65 Å². The third-order valence-corrected chi connectivity index (χ3v) is 4.12. The molecule has 3 heterocycles. The molecule has 0 spiro atoms. The predicted molar refractivity (Wildman–Crippen MR) is 97.5 cm³/mol. The Morgan fingerprint density at radius 2 is 1.92 bits per heavy atom. The molecule has 0 bridgehead atoms. The third kappa shape index (κ3) is 3.38. The van der Waals surface area contributed by atoms with Gasteiger partial charge < -0.3 is 5.32 Å². The molecule has 6 nitrogen and oxygen atoms in total. The Morgan fingerprint density at radius 1 is 1.04 bits per heavy atom. The average Bonchev–Trinajstić information content (AvgIpc) is 3.29. The van der Waals surface area contributed by atoms with Gasteiger partial charge in [0.25, 0.3) is 0 Å². The molecule has 0 aliphatic heterocycles. The van der Waals surface area contributed by atoms with Crippen molar-refractivity contribution in [3.8, 4) is 0 Å². The largest absolute Gasteiger partial charge is 0.366 e. The second kappa shape index (κ2) is 6.76. The summed E-state index contributed by atoms with van der Waals surface area (Å²) < 4.78 is 3.79. The Balaban J connectivity index is 1.48. The predicted octanol–water partition coefficient (Wildman–Crippen LogP) is 3.15. The fourth-order valence-corrected chi connectivity index (χ4v) is 2.82. The summed E-state index contributed by atoms with van der Waals surface area (Å²) in [5.74, 6) is 0.947. The van der Waals surface area contributed by atoms with Crippen molar-refractivity contribution in [1.82, 2.24) is 24.4 Å². The van der Waals surface area contributed by atoms with Crippen LogP contribution >= 0.6 is 0 Å². The first kappa shape index (κ1) is 15.4. The molecular formula is C19H20N6. The summed E-state index contributed by atoms with van der Waals surface area (Å²) in [5, 5.41) is 12.2. The second-order valence-corrected chi connectivity index (χ2v) is 5.97. The van der Waals surface area contributed by atoms with Crippen molar-refractivity contribution in [3.05, 3.63) is 77.9 Å². The lowest BCUT2D eigenvalue weighted by Crippen LogP contribution is -2.07. The van der Waals surface area contributed by atoms with Gasteiger partial charge in [0.05, 0.1) is 18.9 Å². The van der Waals surface area contributed by atoms with Crippen molar-refractivity contribution in [3.63, 3.8) is 0 Å². The fraction of sp³-hybridized carbons (Fsp3) is 0.211. The zero-order chi connectivity index (χ0) is 17.1. The first-order valence-electron chi connectivity index (χ1n) is 8.44. The monoisotopic (exact) mass is 332 g/mol. The molecule has 0 saturated heterocycles. The van der Waals surface area contributed by atoms with Gasteiger partial charge in [-0.15, -0.1) is 0 Å². The van der Waals surface area contributed by atoms with Crippen LogP contribution < -0.4 is 5.32 Å². The van der Waals surface area contributed by atoms with E-state index in [0.717, 1.165) is 35.7 Å². The van der Waals surface area contributed by atoms with E-state index in [-0.39, 0.29) is 0 Å². The van der Waals surface area contributed by atoms with E-state index < -0.39 is 0 Å². The Morgan fingerprint density at radius 3 is 2.76 bits per heavy atom. The molecule has 0 aliphatic rings. The summed E-state index contributed by atoms with van der Waals surface area (Å²) in [5.41, 5.74) is 4.29. The van der Waals surface area contributed by atoms with E-state index in [1.807, 2.05) is 45.7 Å². The summed E-state index contributed by atoms with van der Waals surface area (Å²) in [6, 6.07) is 14.3. The molecular weight excluding hydrogens is 312 g/mol. The maximum Gasteiger partial charge on any atom is 0.157 e. The molecule has 0 amide bonds. The molecule has 25 heavy (non-hydrogen) atoms. The van der Waals surface area contributed by atoms with Crippen LogP contribution in [0.3, 0.4) is 0 Å². The third-order valence-electron chi connectivity index (χ3n) is 4.12. The summed E-state index contributed by atoms with van der Waals surface area (Å²) in [6.45, 7) is 3.57. The van der Waals surface area contributed by atoms with Gasteiger partial charge in [0.2, 0.25) is 0 Å². The number of hydrogen-bond acceptors (Lipinski definition) is 4. The van der Waals surface area contributed by atoms with Gasteiger partial charge in [0.1, 0.15) is 5.82 Å². The lowest BCUT2D eigenvalue weighted by Gasteiger charge is -2.09. The Labute approximate surface area is 146 Å². The maximum absolute atomic E-state index is 4.56. The van der Waals surface area contributed by atoms with E-state index in [9.17, 15) is 0 Å². The fourth-order valence-electron chi connectivity index (χ4n) is 2.82. The van der Waals surface area contributed by atoms with Crippen molar-refractivity contribution in [2.24, 2.45) is 0 Å². The van der Waals surface area contributed by atoms with E-state index in [2.05, 4.69) is 45.8 Å².